The lowest BCUT2D eigenvalue weighted by Crippen LogP contribution is -2.10. The molecule has 2 aromatic rings. The minimum Gasteiger partial charge on any atom is -0.382 e. The van der Waals surface area contributed by atoms with Crippen molar-refractivity contribution in [3.63, 3.8) is 0 Å². The lowest BCUT2D eigenvalue weighted by molar-refractivity contribution is 0.141. The number of hydrogen-bond acceptors (Lipinski definition) is 3. The number of halogens is 1. The van der Waals surface area contributed by atoms with Crippen LogP contribution in [0.15, 0.2) is 30.5 Å². The normalized spacial score (nSPS) is 10.8. The van der Waals surface area contributed by atoms with Crippen LogP contribution in [0.2, 0.25) is 5.02 Å². The summed E-state index contributed by atoms with van der Waals surface area (Å²) in [7, 11) is 0. The van der Waals surface area contributed by atoms with Gasteiger partial charge >= 0.3 is 0 Å². The van der Waals surface area contributed by atoms with Crippen LogP contribution in [0.4, 0.5) is 5.69 Å². The molecule has 0 atom stereocenters. The number of rotatable bonds is 7. The van der Waals surface area contributed by atoms with E-state index in [2.05, 4.69) is 17.2 Å². The highest BCUT2D eigenvalue weighted by atomic mass is 35.5. The van der Waals surface area contributed by atoms with Crippen LogP contribution in [-0.2, 0) is 4.74 Å². The Labute approximate surface area is 118 Å². The van der Waals surface area contributed by atoms with Gasteiger partial charge in [-0.3, -0.25) is 4.98 Å². The molecule has 0 radical (unpaired) electrons. The van der Waals surface area contributed by atoms with Crippen LogP contribution in [0.1, 0.15) is 19.8 Å². The van der Waals surface area contributed by atoms with Crippen LogP contribution in [0, 0.1) is 0 Å². The molecule has 0 spiro atoms. The molecule has 0 aliphatic heterocycles. The van der Waals surface area contributed by atoms with E-state index in [4.69, 9.17) is 16.3 Å². The third-order valence-corrected chi connectivity index (χ3v) is 3.14. The Morgan fingerprint density at radius 3 is 3.00 bits per heavy atom. The Morgan fingerprint density at radius 2 is 2.16 bits per heavy atom. The fourth-order valence-electron chi connectivity index (χ4n) is 1.88. The lowest BCUT2D eigenvalue weighted by atomic mass is 10.2. The molecule has 4 heteroatoms. The molecular formula is C15H19ClN2O. The van der Waals surface area contributed by atoms with Crippen LogP contribution < -0.4 is 5.32 Å². The van der Waals surface area contributed by atoms with Gasteiger partial charge < -0.3 is 10.1 Å². The topological polar surface area (TPSA) is 34.1 Å². The van der Waals surface area contributed by atoms with E-state index in [1.807, 2.05) is 24.3 Å². The Balaban J connectivity index is 1.93. The predicted molar refractivity (Wildman–Crippen MR) is 81.0 cm³/mol. The largest absolute Gasteiger partial charge is 0.382 e. The van der Waals surface area contributed by atoms with E-state index in [0.717, 1.165) is 42.8 Å². The van der Waals surface area contributed by atoms with Crippen LogP contribution in [-0.4, -0.2) is 24.7 Å². The van der Waals surface area contributed by atoms with Crippen molar-refractivity contribution in [3.05, 3.63) is 35.5 Å². The summed E-state index contributed by atoms with van der Waals surface area (Å²) < 4.78 is 5.53. The highest BCUT2D eigenvalue weighted by Crippen LogP contribution is 2.24. The zero-order valence-corrected chi connectivity index (χ0v) is 11.9. The predicted octanol–water partition coefficient (Wildman–Crippen LogP) is 4.12. The SMILES string of the molecule is CCCCOCCNc1ccnc2cc(Cl)ccc12. The fraction of sp³-hybridized carbons (Fsp3) is 0.400. The summed E-state index contributed by atoms with van der Waals surface area (Å²) in [4.78, 5) is 4.32. The average Bonchev–Trinajstić information content (AvgIpc) is 2.42. The molecule has 1 aromatic carbocycles. The molecule has 0 saturated heterocycles. The molecule has 0 amide bonds. The van der Waals surface area contributed by atoms with Gasteiger partial charge in [-0.05, 0) is 30.7 Å². The van der Waals surface area contributed by atoms with Gasteiger partial charge in [0, 0.05) is 35.4 Å². The van der Waals surface area contributed by atoms with Crippen molar-refractivity contribution in [1.82, 2.24) is 4.98 Å². The highest BCUT2D eigenvalue weighted by molar-refractivity contribution is 6.31. The Bertz CT molecular complexity index is 531. The standard InChI is InChI=1S/C15H19ClN2O/c1-2-3-9-19-10-8-18-14-6-7-17-15-11-12(16)4-5-13(14)15/h4-7,11H,2-3,8-10H2,1H3,(H,17,18). The Kier molecular flexibility index (Phi) is 5.43. The molecule has 1 heterocycles. The van der Waals surface area contributed by atoms with Crippen molar-refractivity contribution in [2.24, 2.45) is 0 Å². The van der Waals surface area contributed by atoms with E-state index in [-0.39, 0.29) is 0 Å². The van der Waals surface area contributed by atoms with Gasteiger partial charge in [-0.15, -0.1) is 0 Å². The second kappa shape index (κ2) is 7.31. The molecule has 3 nitrogen and oxygen atoms in total. The maximum absolute atomic E-state index is 5.97. The van der Waals surface area contributed by atoms with Crippen molar-refractivity contribution in [1.29, 1.82) is 0 Å². The number of ether oxygens (including phenoxy) is 1. The van der Waals surface area contributed by atoms with Crippen LogP contribution in [0.25, 0.3) is 10.9 Å². The minimum atomic E-state index is 0.708. The van der Waals surface area contributed by atoms with E-state index >= 15 is 0 Å². The average molecular weight is 279 g/mol. The van der Waals surface area contributed by atoms with Crippen molar-refractivity contribution in [3.8, 4) is 0 Å². The van der Waals surface area contributed by atoms with E-state index in [9.17, 15) is 0 Å². The van der Waals surface area contributed by atoms with Gasteiger partial charge in [-0.1, -0.05) is 24.9 Å². The van der Waals surface area contributed by atoms with Crippen molar-refractivity contribution in [2.75, 3.05) is 25.1 Å². The molecule has 2 rings (SSSR count). The van der Waals surface area contributed by atoms with E-state index in [1.54, 1.807) is 6.20 Å². The number of hydrogen-bond donors (Lipinski definition) is 1. The van der Waals surface area contributed by atoms with Crippen molar-refractivity contribution >= 4 is 28.2 Å². The van der Waals surface area contributed by atoms with Crippen LogP contribution >= 0.6 is 11.6 Å². The molecule has 102 valence electrons. The summed E-state index contributed by atoms with van der Waals surface area (Å²) in [5.41, 5.74) is 1.98. The monoisotopic (exact) mass is 278 g/mol. The van der Waals surface area contributed by atoms with Gasteiger partial charge in [-0.25, -0.2) is 0 Å². The molecule has 0 saturated carbocycles. The van der Waals surface area contributed by atoms with Crippen LogP contribution in [0.3, 0.4) is 0 Å². The molecule has 0 aliphatic rings. The van der Waals surface area contributed by atoms with Gasteiger partial charge in [0.2, 0.25) is 0 Å². The summed E-state index contributed by atoms with van der Waals surface area (Å²) in [6, 6.07) is 7.72. The number of aromatic nitrogens is 1. The van der Waals surface area contributed by atoms with E-state index in [0.29, 0.717) is 5.02 Å². The highest BCUT2D eigenvalue weighted by Gasteiger charge is 2.01. The van der Waals surface area contributed by atoms with E-state index < -0.39 is 0 Å². The summed E-state index contributed by atoms with van der Waals surface area (Å²) in [5.74, 6) is 0. The molecule has 19 heavy (non-hydrogen) atoms. The third kappa shape index (κ3) is 4.08. The van der Waals surface area contributed by atoms with Gasteiger partial charge in [0.05, 0.1) is 12.1 Å². The molecular weight excluding hydrogens is 260 g/mol. The number of pyridine rings is 1. The van der Waals surface area contributed by atoms with Crippen molar-refractivity contribution in [2.45, 2.75) is 19.8 Å². The van der Waals surface area contributed by atoms with Crippen molar-refractivity contribution < 1.29 is 4.74 Å². The molecule has 0 bridgehead atoms. The van der Waals surface area contributed by atoms with Gasteiger partial charge in [0.25, 0.3) is 0 Å². The van der Waals surface area contributed by atoms with Crippen LogP contribution in [0.5, 0.6) is 0 Å². The zero-order valence-electron chi connectivity index (χ0n) is 11.2. The molecule has 0 unspecified atom stereocenters. The number of unbranched alkanes of at least 4 members (excludes halogenated alkanes) is 1. The third-order valence-electron chi connectivity index (χ3n) is 2.91. The quantitative estimate of drug-likeness (QED) is 0.774. The Hall–Kier alpha value is -1.32. The number of nitrogens with zero attached hydrogens (tertiary/aromatic N) is 1. The molecule has 0 aliphatic carbocycles. The first-order valence-corrected chi connectivity index (χ1v) is 7.05. The molecule has 1 N–H and O–H groups in total. The summed E-state index contributed by atoms with van der Waals surface area (Å²) in [6.07, 6.45) is 4.08. The first kappa shape index (κ1) is 14.1. The number of fused-ring (bicyclic) bond motifs is 1. The second-order valence-corrected chi connectivity index (χ2v) is 4.85. The molecule has 1 aromatic heterocycles. The summed E-state index contributed by atoms with van der Waals surface area (Å²) in [6.45, 7) is 4.52. The summed E-state index contributed by atoms with van der Waals surface area (Å²) in [5, 5.41) is 5.17. The first-order chi connectivity index (χ1) is 9.31. The summed E-state index contributed by atoms with van der Waals surface area (Å²) >= 11 is 5.97. The Morgan fingerprint density at radius 1 is 1.26 bits per heavy atom. The maximum atomic E-state index is 5.97. The maximum Gasteiger partial charge on any atom is 0.0737 e. The molecule has 0 fully saturated rings. The zero-order chi connectivity index (χ0) is 13.5. The minimum absolute atomic E-state index is 0.708. The first-order valence-electron chi connectivity index (χ1n) is 6.67. The second-order valence-electron chi connectivity index (χ2n) is 4.41. The number of benzene rings is 1. The smallest absolute Gasteiger partial charge is 0.0737 e. The van der Waals surface area contributed by atoms with Gasteiger partial charge in [-0.2, -0.15) is 0 Å². The van der Waals surface area contributed by atoms with Gasteiger partial charge in [0.15, 0.2) is 0 Å². The van der Waals surface area contributed by atoms with E-state index in [1.165, 1.54) is 6.42 Å². The number of anilines is 1. The fourth-order valence-corrected chi connectivity index (χ4v) is 2.05. The number of nitrogens with one attached hydrogen (secondary N) is 1. The lowest BCUT2D eigenvalue weighted by Gasteiger charge is -2.10. The van der Waals surface area contributed by atoms with Gasteiger partial charge in [0.1, 0.15) is 0 Å².